The second kappa shape index (κ2) is 5.35. The van der Waals surface area contributed by atoms with Crippen molar-refractivity contribution in [2.45, 2.75) is 45.6 Å². The molecule has 0 N–H and O–H groups in total. The summed E-state index contributed by atoms with van der Waals surface area (Å²) in [6, 6.07) is 1.73. The van der Waals surface area contributed by atoms with Crippen molar-refractivity contribution < 1.29 is 18.7 Å². The minimum atomic E-state index is -0.337. The minimum absolute atomic E-state index is 0.287. The summed E-state index contributed by atoms with van der Waals surface area (Å²) in [6.45, 7) is 3.93. The summed E-state index contributed by atoms with van der Waals surface area (Å²) in [5.74, 6) is 2.16. The molecule has 3 rings (SSSR count). The molecule has 1 saturated carbocycles. The molecule has 1 aliphatic carbocycles. The van der Waals surface area contributed by atoms with Crippen LogP contribution in [0.1, 0.15) is 54.5 Å². The Balaban J connectivity index is 1.81. The monoisotopic (exact) mass is 276 g/mol. The number of carbonyl (C=O) groups is 1. The first-order valence-electron chi connectivity index (χ1n) is 7.35. The maximum atomic E-state index is 11.8. The molecule has 2 aliphatic rings. The zero-order chi connectivity index (χ0) is 14.1. The van der Waals surface area contributed by atoms with Gasteiger partial charge in [-0.05, 0) is 39.2 Å². The third-order valence-electron chi connectivity index (χ3n) is 4.05. The van der Waals surface area contributed by atoms with Crippen LogP contribution < -0.4 is 0 Å². The zero-order valence-corrected chi connectivity index (χ0v) is 12.0. The molecule has 0 bridgehead atoms. The lowest BCUT2D eigenvalue weighted by Gasteiger charge is -2.23. The molecule has 0 aromatic carbocycles. The Hall–Kier alpha value is -1.71. The quantitative estimate of drug-likeness (QED) is 0.790. The van der Waals surface area contributed by atoms with E-state index in [-0.39, 0.29) is 12.1 Å². The van der Waals surface area contributed by atoms with E-state index in [1.807, 2.05) is 0 Å². The number of rotatable bonds is 3. The van der Waals surface area contributed by atoms with Crippen molar-refractivity contribution in [3.8, 4) is 0 Å². The molecule has 20 heavy (non-hydrogen) atoms. The third kappa shape index (κ3) is 2.35. The second-order valence-electron chi connectivity index (χ2n) is 5.44. The molecule has 4 nitrogen and oxygen atoms in total. The summed E-state index contributed by atoms with van der Waals surface area (Å²) in [5, 5.41) is 0. The number of carbonyl (C=O) groups excluding carboxylic acids is 1. The molecular weight excluding hydrogens is 256 g/mol. The Labute approximate surface area is 118 Å². The molecule has 4 heteroatoms. The van der Waals surface area contributed by atoms with Gasteiger partial charge in [-0.25, -0.2) is 4.79 Å². The van der Waals surface area contributed by atoms with E-state index in [4.69, 9.17) is 13.9 Å². The highest BCUT2D eigenvalue weighted by molar-refractivity contribution is 5.91. The van der Waals surface area contributed by atoms with E-state index >= 15 is 0 Å². The molecule has 1 aromatic rings. The summed E-state index contributed by atoms with van der Waals surface area (Å²) >= 11 is 0. The summed E-state index contributed by atoms with van der Waals surface area (Å²) in [4.78, 5) is 11.8. The first-order chi connectivity index (χ1) is 9.69. The van der Waals surface area contributed by atoms with Crippen LogP contribution in [-0.2, 0) is 9.47 Å². The van der Waals surface area contributed by atoms with Gasteiger partial charge in [-0.3, -0.25) is 0 Å². The van der Waals surface area contributed by atoms with Gasteiger partial charge in [0.15, 0.2) is 11.5 Å². The number of fused-ring (bicyclic) bond motifs is 1. The fourth-order valence-electron chi connectivity index (χ4n) is 3.01. The Morgan fingerprint density at radius 1 is 1.40 bits per heavy atom. The number of hydrogen-bond acceptors (Lipinski definition) is 4. The van der Waals surface area contributed by atoms with Crippen molar-refractivity contribution >= 4 is 11.7 Å². The van der Waals surface area contributed by atoms with Crippen molar-refractivity contribution in [1.29, 1.82) is 0 Å². The Kier molecular flexibility index (Phi) is 3.55. The van der Waals surface area contributed by atoms with Crippen molar-refractivity contribution in [3.63, 3.8) is 0 Å². The fourth-order valence-corrected chi connectivity index (χ4v) is 3.01. The van der Waals surface area contributed by atoms with E-state index < -0.39 is 0 Å². The van der Waals surface area contributed by atoms with Gasteiger partial charge in [0.1, 0.15) is 17.4 Å². The van der Waals surface area contributed by atoms with Crippen LogP contribution in [0.2, 0.25) is 0 Å². The summed E-state index contributed by atoms with van der Waals surface area (Å²) in [7, 11) is 0. The predicted octanol–water partition coefficient (Wildman–Crippen LogP) is 3.69. The number of esters is 1. The highest BCUT2D eigenvalue weighted by atomic mass is 16.5. The van der Waals surface area contributed by atoms with Gasteiger partial charge in [0.25, 0.3) is 0 Å². The van der Waals surface area contributed by atoms with Gasteiger partial charge in [0.2, 0.25) is 0 Å². The standard InChI is InChI=1S/C16H20O4/c1-3-18-16(17)12-9-15(19-10(12)2)14-8-11-6-4-5-7-13(11)20-14/h8-9,11,13H,3-7H2,1-2H3. The van der Waals surface area contributed by atoms with Gasteiger partial charge in [-0.1, -0.05) is 6.42 Å². The predicted molar refractivity (Wildman–Crippen MR) is 74.2 cm³/mol. The lowest BCUT2D eigenvalue weighted by molar-refractivity contribution is 0.0524. The van der Waals surface area contributed by atoms with Crippen molar-refractivity contribution in [3.05, 3.63) is 29.2 Å². The Morgan fingerprint density at radius 2 is 2.20 bits per heavy atom. The van der Waals surface area contributed by atoms with Gasteiger partial charge in [-0.2, -0.15) is 0 Å². The minimum Gasteiger partial charge on any atom is -0.486 e. The topological polar surface area (TPSA) is 48.7 Å². The van der Waals surface area contributed by atoms with E-state index in [2.05, 4.69) is 6.08 Å². The number of hydrogen-bond donors (Lipinski definition) is 0. The maximum Gasteiger partial charge on any atom is 0.341 e. The smallest absolute Gasteiger partial charge is 0.341 e. The molecule has 2 atom stereocenters. The van der Waals surface area contributed by atoms with E-state index in [1.54, 1.807) is 19.9 Å². The molecule has 0 saturated heterocycles. The number of furan rings is 1. The number of aryl methyl sites for hydroxylation is 1. The SMILES string of the molecule is CCOC(=O)c1cc(C2=CC3CCCCC3O2)oc1C. The maximum absolute atomic E-state index is 11.8. The molecule has 108 valence electrons. The average molecular weight is 276 g/mol. The van der Waals surface area contributed by atoms with Crippen LogP contribution >= 0.6 is 0 Å². The molecule has 2 heterocycles. The van der Waals surface area contributed by atoms with Gasteiger partial charge in [0.05, 0.1) is 6.61 Å². The largest absolute Gasteiger partial charge is 0.486 e. The molecule has 0 amide bonds. The molecule has 1 aromatic heterocycles. The summed E-state index contributed by atoms with van der Waals surface area (Å²) in [6.07, 6.45) is 7.22. The molecule has 0 spiro atoms. The molecule has 1 aliphatic heterocycles. The fraction of sp³-hybridized carbons (Fsp3) is 0.562. The van der Waals surface area contributed by atoms with E-state index in [1.165, 1.54) is 19.3 Å². The molecule has 1 fully saturated rings. The van der Waals surface area contributed by atoms with Crippen LogP contribution in [0.25, 0.3) is 5.76 Å². The normalized spacial score (nSPS) is 24.8. The van der Waals surface area contributed by atoms with Crippen molar-refractivity contribution in [2.75, 3.05) is 6.61 Å². The van der Waals surface area contributed by atoms with Crippen LogP contribution in [0.5, 0.6) is 0 Å². The van der Waals surface area contributed by atoms with Gasteiger partial charge in [0, 0.05) is 12.0 Å². The van der Waals surface area contributed by atoms with Crippen LogP contribution in [0, 0.1) is 12.8 Å². The van der Waals surface area contributed by atoms with Gasteiger partial charge >= 0.3 is 5.97 Å². The van der Waals surface area contributed by atoms with Gasteiger partial charge in [-0.15, -0.1) is 0 Å². The van der Waals surface area contributed by atoms with Crippen LogP contribution in [-0.4, -0.2) is 18.7 Å². The molecular formula is C16H20O4. The Morgan fingerprint density at radius 3 is 2.95 bits per heavy atom. The molecule has 0 radical (unpaired) electrons. The number of ether oxygens (including phenoxy) is 2. The zero-order valence-electron chi connectivity index (χ0n) is 12.0. The first-order valence-corrected chi connectivity index (χ1v) is 7.35. The van der Waals surface area contributed by atoms with Crippen LogP contribution in [0.4, 0.5) is 0 Å². The average Bonchev–Trinajstić information content (AvgIpc) is 3.02. The van der Waals surface area contributed by atoms with E-state index in [0.29, 0.717) is 29.6 Å². The van der Waals surface area contributed by atoms with E-state index in [0.717, 1.165) is 12.2 Å². The summed E-state index contributed by atoms with van der Waals surface area (Å²) in [5.41, 5.74) is 0.487. The lowest BCUT2D eigenvalue weighted by atomic mass is 9.87. The second-order valence-corrected chi connectivity index (χ2v) is 5.44. The lowest BCUT2D eigenvalue weighted by Crippen LogP contribution is -2.20. The highest BCUT2D eigenvalue weighted by Crippen LogP contribution is 2.39. The molecule has 2 unspecified atom stereocenters. The van der Waals surface area contributed by atoms with Crippen molar-refractivity contribution in [2.24, 2.45) is 5.92 Å². The van der Waals surface area contributed by atoms with Crippen molar-refractivity contribution in [1.82, 2.24) is 0 Å². The summed E-state index contributed by atoms with van der Waals surface area (Å²) < 4.78 is 16.7. The van der Waals surface area contributed by atoms with Crippen LogP contribution in [0.3, 0.4) is 0 Å². The first kappa shape index (κ1) is 13.3. The third-order valence-corrected chi connectivity index (χ3v) is 4.05. The van der Waals surface area contributed by atoms with E-state index in [9.17, 15) is 4.79 Å². The highest BCUT2D eigenvalue weighted by Gasteiger charge is 2.33. The van der Waals surface area contributed by atoms with Gasteiger partial charge < -0.3 is 13.9 Å². The Bertz CT molecular complexity index is 541. The van der Waals surface area contributed by atoms with Crippen LogP contribution in [0.15, 0.2) is 16.6 Å².